The molecule has 4 aliphatic rings. The summed E-state index contributed by atoms with van der Waals surface area (Å²) in [7, 11) is 0. The van der Waals surface area contributed by atoms with Crippen LogP contribution < -0.4 is 0 Å². The summed E-state index contributed by atoms with van der Waals surface area (Å²) < 4.78 is 0. The number of benzene rings is 1. The molecule has 8 rings (SSSR count). The predicted octanol–water partition coefficient (Wildman–Crippen LogP) is 10.8. The zero-order valence-electron chi connectivity index (χ0n) is 28.5. The molecule has 3 nitrogen and oxygen atoms in total. The highest BCUT2D eigenvalue weighted by molar-refractivity contribution is 5.31. The number of aromatic nitrogens is 3. The molecule has 4 saturated carbocycles. The first-order valence-corrected chi connectivity index (χ1v) is 17.6. The number of pyridine rings is 3. The molecule has 3 aromatic heterocycles. The average Bonchev–Trinajstić information content (AvgIpc) is 3.03. The summed E-state index contributed by atoms with van der Waals surface area (Å²) in [6, 6.07) is 26.9. The summed E-state index contributed by atoms with van der Waals surface area (Å²) in [6.45, 7) is 13.8. The topological polar surface area (TPSA) is 38.7 Å². The van der Waals surface area contributed by atoms with E-state index in [1.165, 1.54) is 11.1 Å². The maximum absolute atomic E-state index is 4.44. The fourth-order valence-electron chi connectivity index (χ4n) is 9.19. The van der Waals surface area contributed by atoms with E-state index in [9.17, 15) is 0 Å². The molecule has 1 unspecified atom stereocenters. The van der Waals surface area contributed by atoms with Crippen molar-refractivity contribution in [3.63, 3.8) is 0 Å². The van der Waals surface area contributed by atoms with Gasteiger partial charge in [0, 0.05) is 48.0 Å². The van der Waals surface area contributed by atoms with Gasteiger partial charge in [0.15, 0.2) is 0 Å². The largest absolute Gasteiger partial charge is 0.264 e. The van der Waals surface area contributed by atoms with Gasteiger partial charge in [0.1, 0.15) is 0 Å². The second kappa shape index (κ2) is 15.8. The van der Waals surface area contributed by atoms with Gasteiger partial charge in [-0.05, 0) is 121 Å². The molecule has 1 atom stereocenters. The van der Waals surface area contributed by atoms with Crippen LogP contribution in [0.5, 0.6) is 0 Å². The second-order valence-corrected chi connectivity index (χ2v) is 14.9. The maximum Gasteiger partial charge on any atom is 0.0496 e. The summed E-state index contributed by atoms with van der Waals surface area (Å²) in [5.41, 5.74) is 4.85. The van der Waals surface area contributed by atoms with E-state index >= 15 is 0 Å². The van der Waals surface area contributed by atoms with Crippen molar-refractivity contribution < 1.29 is 0 Å². The van der Waals surface area contributed by atoms with E-state index in [0.29, 0.717) is 17.8 Å². The normalized spacial score (nSPS) is 23.8. The minimum absolute atomic E-state index is 0.280. The zero-order valence-corrected chi connectivity index (χ0v) is 28.5. The Morgan fingerprint density at radius 2 is 1.02 bits per heavy atom. The Morgan fingerprint density at radius 3 is 1.44 bits per heavy atom. The van der Waals surface area contributed by atoms with E-state index < -0.39 is 0 Å². The van der Waals surface area contributed by atoms with E-state index in [1.54, 1.807) is 32.1 Å². The quantitative estimate of drug-likeness (QED) is 0.211. The molecule has 4 aromatic rings. The smallest absolute Gasteiger partial charge is 0.0496 e. The van der Waals surface area contributed by atoms with Crippen molar-refractivity contribution in [1.82, 2.24) is 15.0 Å². The van der Waals surface area contributed by atoms with Crippen molar-refractivity contribution in [2.24, 2.45) is 47.3 Å². The first-order valence-electron chi connectivity index (χ1n) is 17.6. The minimum Gasteiger partial charge on any atom is -0.264 e. The van der Waals surface area contributed by atoms with E-state index in [-0.39, 0.29) is 5.92 Å². The fourth-order valence-corrected chi connectivity index (χ4v) is 9.19. The molecule has 0 spiro atoms. The number of hydrogen-bond acceptors (Lipinski definition) is 3. The zero-order chi connectivity index (χ0) is 31.8. The van der Waals surface area contributed by atoms with Gasteiger partial charge in [0.05, 0.1) is 0 Å². The average molecular weight is 602 g/mol. The molecule has 4 aliphatic carbocycles. The summed E-state index contributed by atoms with van der Waals surface area (Å²) in [6.07, 6.45) is 15.4. The summed E-state index contributed by atoms with van der Waals surface area (Å²) in [5.74, 6) is 8.42. The van der Waals surface area contributed by atoms with Gasteiger partial charge in [-0.15, -0.1) is 0 Å². The van der Waals surface area contributed by atoms with Crippen LogP contribution in [0, 0.1) is 47.3 Å². The molecule has 0 amide bonds. The third kappa shape index (κ3) is 8.48. The lowest BCUT2D eigenvalue weighted by atomic mass is 9.50. The standard InChI is InChI=1S/C15H17N.C14H16N2.C13H22/c1-12(2)15(13-7-4-3-5-8-13)14-9-6-10-16-11-14;1-11(2)14(12-7-3-5-9-15-12)13-8-4-6-10-16-13;1-8(2)13-11-4-9-3-10(6-11)7-12(13)5-9/h3-12,15H,1-2H3;3-11,14H,1-2H3;8-13H,3-7H2,1-2H3. The Kier molecular flexibility index (Phi) is 11.6. The maximum atomic E-state index is 4.44. The molecular weight excluding hydrogens is 546 g/mol. The van der Waals surface area contributed by atoms with Gasteiger partial charge in [-0.25, -0.2) is 0 Å². The van der Waals surface area contributed by atoms with Gasteiger partial charge < -0.3 is 0 Å². The van der Waals surface area contributed by atoms with Crippen LogP contribution >= 0.6 is 0 Å². The Balaban J connectivity index is 0.000000134. The van der Waals surface area contributed by atoms with Crippen LogP contribution in [-0.2, 0) is 0 Å². The van der Waals surface area contributed by atoms with Crippen LogP contribution in [0.25, 0.3) is 0 Å². The molecule has 238 valence electrons. The van der Waals surface area contributed by atoms with E-state index in [2.05, 4.69) is 105 Å². The second-order valence-electron chi connectivity index (χ2n) is 14.9. The van der Waals surface area contributed by atoms with E-state index in [0.717, 1.165) is 46.9 Å². The summed E-state index contributed by atoms with van der Waals surface area (Å²) >= 11 is 0. The third-order valence-electron chi connectivity index (χ3n) is 10.6. The van der Waals surface area contributed by atoms with Gasteiger partial charge >= 0.3 is 0 Å². The molecule has 4 bridgehead atoms. The molecule has 3 heteroatoms. The van der Waals surface area contributed by atoms with Crippen LogP contribution in [0.1, 0.15) is 108 Å². The van der Waals surface area contributed by atoms with Crippen molar-refractivity contribution in [3.05, 3.63) is 126 Å². The molecule has 0 saturated heterocycles. The van der Waals surface area contributed by atoms with Crippen LogP contribution in [0.15, 0.2) is 104 Å². The lowest BCUT2D eigenvalue weighted by Gasteiger charge is -2.55. The van der Waals surface area contributed by atoms with E-state index in [1.807, 2.05) is 55.1 Å². The van der Waals surface area contributed by atoms with Crippen molar-refractivity contribution in [2.45, 2.75) is 85.5 Å². The lowest BCUT2D eigenvalue weighted by Crippen LogP contribution is -2.46. The van der Waals surface area contributed by atoms with Crippen molar-refractivity contribution in [2.75, 3.05) is 0 Å². The number of rotatable bonds is 7. The molecule has 0 radical (unpaired) electrons. The first kappa shape index (κ1) is 33.0. The summed E-state index contributed by atoms with van der Waals surface area (Å²) in [5, 5.41) is 0. The number of nitrogens with zero attached hydrogens (tertiary/aromatic N) is 3. The highest BCUT2D eigenvalue weighted by Crippen LogP contribution is 2.58. The monoisotopic (exact) mass is 601 g/mol. The predicted molar refractivity (Wildman–Crippen MR) is 188 cm³/mol. The molecule has 45 heavy (non-hydrogen) atoms. The Hall–Kier alpha value is -3.33. The van der Waals surface area contributed by atoms with Gasteiger partial charge in [0.2, 0.25) is 0 Å². The van der Waals surface area contributed by atoms with Gasteiger partial charge in [-0.3, -0.25) is 15.0 Å². The highest BCUT2D eigenvalue weighted by atomic mass is 14.7. The van der Waals surface area contributed by atoms with Crippen molar-refractivity contribution in [1.29, 1.82) is 0 Å². The molecule has 0 N–H and O–H groups in total. The Labute approximate surface area is 273 Å². The Bertz CT molecular complexity index is 1190. The van der Waals surface area contributed by atoms with Gasteiger partial charge in [-0.1, -0.05) is 90.1 Å². The number of hydrogen-bond donors (Lipinski definition) is 0. The van der Waals surface area contributed by atoms with Crippen LogP contribution in [0.3, 0.4) is 0 Å². The minimum atomic E-state index is 0.280. The molecule has 3 heterocycles. The van der Waals surface area contributed by atoms with Crippen molar-refractivity contribution in [3.8, 4) is 0 Å². The third-order valence-corrected chi connectivity index (χ3v) is 10.6. The summed E-state index contributed by atoms with van der Waals surface area (Å²) in [4.78, 5) is 13.1. The van der Waals surface area contributed by atoms with Gasteiger partial charge in [-0.2, -0.15) is 0 Å². The van der Waals surface area contributed by atoms with Crippen molar-refractivity contribution >= 4 is 0 Å². The SMILES string of the molecule is CC(C)C(c1ccccc1)c1cccnc1.CC(C)C(c1ccccn1)c1ccccn1.CC(C)C1C2CC3CC(C2)CC1C3. The molecule has 4 fully saturated rings. The molecule has 1 aromatic carbocycles. The highest BCUT2D eigenvalue weighted by Gasteiger charge is 2.48. The van der Waals surface area contributed by atoms with E-state index in [4.69, 9.17) is 0 Å². The lowest BCUT2D eigenvalue weighted by molar-refractivity contribution is -0.0552. The Morgan fingerprint density at radius 1 is 0.511 bits per heavy atom. The fraction of sp³-hybridized carbons (Fsp3) is 0.500. The molecule has 0 aliphatic heterocycles. The van der Waals surface area contributed by atoms with Crippen LogP contribution in [-0.4, -0.2) is 15.0 Å². The van der Waals surface area contributed by atoms with Crippen LogP contribution in [0.4, 0.5) is 0 Å². The molecular formula is C42H55N3. The first-order chi connectivity index (χ1) is 21.8. The van der Waals surface area contributed by atoms with Crippen LogP contribution in [0.2, 0.25) is 0 Å². The van der Waals surface area contributed by atoms with Gasteiger partial charge in [0.25, 0.3) is 0 Å².